The fourth-order valence-electron chi connectivity index (χ4n) is 1.82. The van der Waals surface area contributed by atoms with Crippen molar-refractivity contribution in [3.05, 3.63) is 17.5 Å². The third-order valence-corrected chi connectivity index (χ3v) is 2.41. The van der Waals surface area contributed by atoms with Gasteiger partial charge in [-0.2, -0.15) is 0 Å². The first-order chi connectivity index (χ1) is 8.08. The van der Waals surface area contributed by atoms with Crippen LogP contribution in [0.4, 0.5) is 9.59 Å². The van der Waals surface area contributed by atoms with Crippen molar-refractivity contribution in [1.29, 1.82) is 0 Å². The number of pyridine rings is 1. The summed E-state index contributed by atoms with van der Waals surface area (Å²) < 4.78 is 9.01. The van der Waals surface area contributed by atoms with E-state index in [4.69, 9.17) is 10.2 Å². The van der Waals surface area contributed by atoms with Gasteiger partial charge in [-0.3, -0.25) is 4.98 Å². The Morgan fingerprint density at radius 3 is 2.53 bits per heavy atom. The second-order valence-corrected chi connectivity index (χ2v) is 3.47. The molecule has 0 saturated heterocycles. The Kier molecular flexibility index (Phi) is 2.82. The summed E-state index contributed by atoms with van der Waals surface area (Å²) in [5.74, 6) is -0.261. The molecule has 2 N–H and O–H groups in total. The van der Waals surface area contributed by atoms with Crippen LogP contribution in [-0.2, 0) is 12.8 Å². The monoisotopic (exact) mass is 239 g/mol. The molecule has 0 atom stereocenters. The van der Waals surface area contributed by atoms with Crippen LogP contribution in [-0.4, -0.2) is 27.5 Å². The molecule has 7 heteroatoms. The number of ether oxygens (including phenoxy) is 2. The third-order valence-electron chi connectivity index (χ3n) is 2.41. The van der Waals surface area contributed by atoms with Crippen molar-refractivity contribution in [3.8, 4) is 11.5 Å². The summed E-state index contributed by atoms with van der Waals surface area (Å²) in [6, 6.07) is 0. The van der Waals surface area contributed by atoms with E-state index in [9.17, 15) is 9.59 Å². The summed E-state index contributed by atoms with van der Waals surface area (Å²) in [6.45, 7) is 0. The quantitative estimate of drug-likeness (QED) is 0.756. The van der Waals surface area contributed by atoms with Gasteiger partial charge in [-0.15, -0.1) is 0 Å². The van der Waals surface area contributed by atoms with Gasteiger partial charge in [0.15, 0.2) is 11.5 Å². The van der Waals surface area contributed by atoms with Crippen LogP contribution in [0.15, 0.2) is 6.20 Å². The summed E-state index contributed by atoms with van der Waals surface area (Å²) in [5, 5.41) is 17.1. The van der Waals surface area contributed by atoms with Crippen LogP contribution in [0.25, 0.3) is 0 Å². The number of hydrogen-bond acceptors (Lipinski definition) is 5. The van der Waals surface area contributed by atoms with Gasteiger partial charge in [0.05, 0.1) is 6.20 Å². The molecule has 0 aromatic carbocycles. The Balaban J connectivity index is 2.44. The summed E-state index contributed by atoms with van der Waals surface area (Å²) in [7, 11) is 0. The number of carbonyl (C=O) groups is 2. The van der Waals surface area contributed by atoms with Gasteiger partial charge in [0.2, 0.25) is 0 Å². The fourth-order valence-corrected chi connectivity index (χ4v) is 1.82. The summed E-state index contributed by atoms with van der Waals surface area (Å²) in [6.07, 6.45) is 0.256. The number of aromatic nitrogens is 1. The van der Waals surface area contributed by atoms with Gasteiger partial charge in [-0.05, 0) is 19.3 Å². The van der Waals surface area contributed by atoms with Crippen molar-refractivity contribution in [2.24, 2.45) is 0 Å². The Bertz CT molecular complexity index is 484. The summed E-state index contributed by atoms with van der Waals surface area (Å²) in [5.41, 5.74) is 1.32. The summed E-state index contributed by atoms with van der Waals surface area (Å²) >= 11 is 0. The molecular weight excluding hydrogens is 230 g/mol. The number of carboxylic acid groups (broad SMARTS) is 2. The Hall–Kier alpha value is -2.31. The van der Waals surface area contributed by atoms with Gasteiger partial charge >= 0.3 is 12.3 Å². The predicted octanol–water partition coefficient (Wildman–Crippen LogP) is 1.68. The highest BCUT2D eigenvalue weighted by Gasteiger charge is 2.24. The van der Waals surface area contributed by atoms with Crippen LogP contribution in [0.3, 0.4) is 0 Å². The van der Waals surface area contributed by atoms with E-state index in [0.717, 1.165) is 24.7 Å². The zero-order valence-corrected chi connectivity index (χ0v) is 8.67. The highest BCUT2D eigenvalue weighted by atomic mass is 16.7. The van der Waals surface area contributed by atoms with E-state index < -0.39 is 12.3 Å². The first kappa shape index (κ1) is 11.2. The Labute approximate surface area is 95.6 Å². The molecule has 1 aliphatic rings. The fraction of sp³-hybridized carbons (Fsp3) is 0.300. The van der Waals surface area contributed by atoms with E-state index in [0.29, 0.717) is 12.0 Å². The van der Waals surface area contributed by atoms with Gasteiger partial charge in [0.1, 0.15) is 0 Å². The average molecular weight is 239 g/mol. The average Bonchev–Trinajstić information content (AvgIpc) is 2.68. The standard InChI is InChI=1S/C10H9NO6/c12-9(13)16-7-4-11-6-3-1-2-5(6)8(7)17-10(14)15/h4H,1-3H2,(H,12,13)(H,14,15). The van der Waals surface area contributed by atoms with E-state index in [1.54, 1.807) is 0 Å². The normalized spacial score (nSPS) is 12.9. The van der Waals surface area contributed by atoms with Crippen molar-refractivity contribution < 1.29 is 29.3 Å². The molecule has 0 saturated carbocycles. The smallest absolute Gasteiger partial charge is 0.449 e. The lowest BCUT2D eigenvalue weighted by molar-refractivity contribution is 0.132. The molecule has 1 heterocycles. The molecule has 1 aromatic rings. The SMILES string of the molecule is O=C(O)Oc1cnc2c(c1OC(=O)O)CCC2. The highest BCUT2D eigenvalue weighted by molar-refractivity contribution is 5.68. The zero-order valence-electron chi connectivity index (χ0n) is 8.67. The van der Waals surface area contributed by atoms with Crippen molar-refractivity contribution in [2.75, 3.05) is 0 Å². The number of hydrogen-bond donors (Lipinski definition) is 2. The van der Waals surface area contributed by atoms with E-state index >= 15 is 0 Å². The molecule has 90 valence electrons. The molecule has 0 spiro atoms. The lowest BCUT2D eigenvalue weighted by Gasteiger charge is -2.10. The third kappa shape index (κ3) is 2.27. The summed E-state index contributed by atoms with van der Waals surface area (Å²) in [4.78, 5) is 25.0. The van der Waals surface area contributed by atoms with Gasteiger partial charge in [-0.25, -0.2) is 9.59 Å². The molecule has 7 nitrogen and oxygen atoms in total. The first-order valence-corrected chi connectivity index (χ1v) is 4.90. The van der Waals surface area contributed by atoms with E-state index in [1.165, 1.54) is 0 Å². The molecule has 0 unspecified atom stereocenters. The molecule has 0 bridgehead atoms. The van der Waals surface area contributed by atoms with Crippen LogP contribution in [0.2, 0.25) is 0 Å². The van der Waals surface area contributed by atoms with Crippen molar-refractivity contribution in [3.63, 3.8) is 0 Å². The molecular formula is C10H9NO6. The first-order valence-electron chi connectivity index (χ1n) is 4.90. The van der Waals surface area contributed by atoms with Crippen LogP contribution in [0.1, 0.15) is 17.7 Å². The number of aryl methyl sites for hydroxylation is 1. The van der Waals surface area contributed by atoms with Crippen LogP contribution < -0.4 is 9.47 Å². The lowest BCUT2D eigenvalue weighted by atomic mass is 10.2. The van der Waals surface area contributed by atoms with Gasteiger partial charge < -0.3 is 19.7 Å². The minimum atomic E-state index is -1.54. The molecule has 0 fully saturated rings. The topological polar surface area (TPSA) is 106 Å². The molecule has 0 radical (unpaired) electrons. The maximum Gasteiger partial charge on any atom is 0.511 e. The van der Waals surface area contributed by atoms with Crippen LogP contribution in [0, 0.1) is 0 Å². The number of nitrogens with zero attached hydrogens (tertiary/aromatic N) is 1. The number of rotatable bonds is 2. The molecule has 0 aliphatic heterocycles. The Morgan fingerprint density at radius 2 is 1.88 bits per heavy atom. The van der Waals surface area contributed by atoms with Gasteiger partial charge in [0.25, 0.3) is 0 Å². The van der Waals surface area contributed by atoms with E-state index in [1.807, 2.05) is 0 Å². The molecule has 0 amide bonds. The number of fused-ring (bicyclic) bond motifs is 1. The van der Waals surface area contributed by atoms with Gasteiger partial charge in [0, 0.05) is 11.3 Å². The molecule has 1 aromatic heterocycles. The van der Waals surface area contributed by atoms with Crippen LogP contribution >= 0.6 is 0 Å². The zero-order chi connectivity index (χ0) is 12.4. The minimum Gasteiger partial charge on any atom is -0.449 e. The van der Waals surface area contributed by atoms with Crippen molar-refractivity contribution >= 4 is 12.3 Å². The molecule has 1 aliphatic carbocycles. The highest BCUT2D eigenvalue weighted by Crippen LogP contribution is 2.37. The second kappa shape index (κ2) is 4.28. The van der Waals surface area contributed by atoms with Crippen LogP contribution in [0.5, 0.6) is 11.5 Å². The maximum absolute atomic E-state index is 10.6. The van der Waals surface area contributed by atoms with E-state index in [2.05, 4.69) is 14.5 Å². The van der Waals surface area contributed by atoms with Crippen molar-refractivity contribution in [1.82, 2.24) is 4.98 Å². The predicted molar refractivity (Wildman–Crippen MR) is 53.6 cm³/mol. The largest absolute Gasteiger partial charge is 0.511 e. The van der Waals surface area contributed by atoms with Crippen molar-refractivity contribution in [2.45, 2.75) is 19.3 Å². The molecule has 17 heavy (non-hydrogen) atoms. The Morgan fingerprint density at radius 1 is 1.18 bits per heavy atom. The maximum atomic E-state index is 10.6. The van der Waals surface area contributed by atoms with E-state index in [-0.39, 0.29) is 11.5 Å². The minimum absolute atomic E-state index is 0.0672. The molecule has 2 rings (SSSR count). The second-order valence-electron chi connectivity index (χ2n) is 3.47. The van der Waals surface area contributed by atoms with Gasteiger partial charge in [-0.1, -0.05) is 0 Å². The lowest BCUT2D eigenvalue weighted by Crippen LogP contribution is -2.11.